The van der Waals surface area contributed by atoms with Crippen molar-refractivity contribution >= 4 is 92.8 Å². The van der Waals surface area contributed by atoms with Gasteiger partial charge in [0.15, 0.2) is 0 Å². The summed E-state index contributed by atoms with van der Waals surface area (Å²) in [7, 11) is 0. The van der Waals surface area contributed by atoms with Crippen molar-refractivity contribution in [3.8, 4) is 22.3 Å². The van der Waals surface area contributed by atoms with Crippen molar-refractivity contribution in [3.63, 3.8) is 0 Å². The van der Waals surface area contributed by atoms with E-state index in [0.717, 1.165) is 12.4 Å². The highest BCUT2D eigenvalue weighted by Crippen LogP contribution is 2.52. The molecule has 4 aromatic carbocycles. The largest absolute Gasteiger partial charge is 0.259 e. The third kappa shape index (κ3) is 5.89. The van der Waals surface area contributed by atoms with Gasteiger partial charge in [-0.05, 0) is 47.5 Å². The van der Waals surface area contributed by atoms with E-state index in [4.69, 9.17) is 92.8 Å². The lowest BCUT2D eigenvalue weighted by Crippen LogP contribution is -2.13. The summed E-state index contributed by atoms with van der Waals surface area (Å²) < 4.78 is 31.0. The van der Waals surface area contributed by atoms with Crippen molar-refractivity contribution in [1.82, 2.24) is 4.98 Å². The normalized spacial score (nSPS) is 11.4. The van der Waals surface area contributed by atoms with Crippen LogP contribution in [0.4, 0.5) is 8.78 Å². The maximum Gasteiger partial charge on any atom is 0.148 e. The van der Waals surface area contributed by atoms with Gasteiger partial charge in [-0.1, -0.05) is 117 Å². The zero-order valence-electron chi connectivity index (χ0n) is 20.2. The van der Waals surface area contributed by atoms with Crippen LogP contribution in [0.1, 0.15) is 16.7 Å². The maximum absolute atomic E-state index is 15.5. The van der Waals surface area contributed by atoms with Gasteiger partial charge in [0.1, 0.15) is 11.6 Å². The molecule has 0 spiro atoms. The average molecular weight is 708 g/mol. The Morgan fingerprint density at radius 2 is 0.854 bits per heavy atom. The molecule has 0 N–H and O–H groups in total. The molecule has 0 bridgehead atoms. The van der Waals surface area contributed by atoms with Crippen molar-refractivity contribution in [2.24, 2.45) is 0 Å². The molecule has 11 heteroatoms. The highest BCUT2D eigenvalue weighted by molar-refractivity contribution is 6.45. The molecule has 1 heterocycles. The Morgan fingerprint density at radius 1 is 0.488 bits per heavy atom. The van der Waals surface area contributed by atoms with Crippen molar-refractivity contribution in [1.29, 1.82) is 0 Å². The van der Waals surface area contributed by atoms with E-state index in [1.165, 1.54) is 12.1 Å². The third-order valence-corrected chi connectivity index (χ3v) is 8.66. The Labute approximate surface area is 274 Å². The minimum absolute atomic E-state index is 0.00874. The van der Waals surface area contributed by atoms with Crippen LogP contribution in [0.5, 0.6) is 0 Å². The van der Waals surface area contributed by atoms with E-state index in [2.05, 4.69) is 4.98 Å². The molecule has 0 aliphatic carbocycles. The first-order chi connectivity index (χ1) is 19.5. The summed E-state index contributed by atoms with van der Waals surface area (Å²) >= 11 is 52.8. The number of benzene rings is 4. The standard InChI is InChI=1S/C30H12Cl8F2N/c31-15-5-1-13(2-6-15)23-17(33)9-19(35)25(29(23)37)28(27-21(39)11-41-12-22(27)40)26-20(36)10-18(34)24(30(26)38)14-3-7-16(32)8-4-14/h1-12H. The van der Waals surface area contributed by atoms with E-state index >= 15 is 8.78 Å². The number of hydrogen-bond acceptors (Lipinski definition) is 1. The third-order valence-electron chi connectivity index (χ3n) is 6.21. The Morgan fingerprint density at radius 3 is 1.22 bits per heavy atom. The fraction of sp³-hybridized carbons (Fsp3) is 0. The van der Waals surface area contributed by atoms with E-state index in [1.54, 1.807) is 48.5 Å². The second-order valence-corrected chi connectivity index (χ2v) is 11.9. The number of halogens is 10. The van der Waals surface area contributed by atoms with Crippen LogP contribution in [0, 0.1) is 17.6 Å². The van der Waals surface area contributed by atoms with Crippen molar-refractivity contribution in [2.75, 3.05) is 0 Å². The summed E-state index contributed by atoms with van der Waals surface area (Å²) in [5.41, 5.74) is 1.38. The topological polar surface area (TPSA) is 12.9 Å². The summed E-state index contributed by atoms with van der Waals surface area (Å²) in [5.74, 6) is -2.15. The molecule has 0 aliphatic heterocycles. The van der Waals surface area contributed by atoms with Gasteiger partial charge in [0.05, 0.1) is 38.4 Å². The number of rotatable bonds is 5. The molecule has 0 saturated carbocycles. The molecule has 1 nitrogen and oxygen atoms in total. The predicted molar refractivity (Wildman–Crippen MR) is 169 cm³/mol. The molecule has 0 saturated heterocycles. The minimum Gasteiger partial charge on any atom is -0.259 e. The van der Waals surface area contributed by atoms with E-state index in [-0.39, 0.29) is 47.2 Å². The molecular formula is C30H12Cl8F2N. The number of hydrogen-bond donors (Lipinski definition) is 0. The number of pyridine rings is 1. The first-order valence-corrected chi connectivity index (χ1v) is 14.6. The summed E-state index contributed by atoms with van der Waals surface area (Å²) in [6.45, 7) is 0. The van der Waals surface area contributed by atoms with Crippen LogP contribution in [-0.4, -0.2) is 4.98 Å². The van der Waals surface area contributed by atoms with E-state index < -0.39 is 17.2 Å². The molecule has 5 rings (SSSR count). The SMILES string of the molecule is Fc1cncc(F)c1[C](c1c(Cl)cc(Cl)c(-c2ccc(Cl)cc2)c1Cl)c1c(Cl)cc(Cl)c(-c2ccc(Cl)cc2)c1Cl. The summed E-state index contributed by atoms with van der Waals surface area (Å²) in [5, 5.41) is 1.30. The molecular weight excluding hydrogens is 696 g/mol. The van der Waals surface area contributed by atoms with Gasteiger partial charge in [0.25, 0.3) is 0 Å². The molecule has 5 aromatic rings. The maximum atomic E-state index is 15.5. The van der Waals surface area contributed by atoms with Crippen LogP contribution in [0.15, 0.2) is 73.1 Å². The summed E-state index contributed by atoms with van der Waals surface area (Å²) in [4.78, 5) is 3.62. The van der Waals surface area contributed by atoms with E-state index in [1.807, 2.05) is 0 Å². The Kier molecular flexibility index (Phi) is 9.30. The summed E-state index contributed by atoms with van der Waals surface area (Å²) in [6.07, 6.45) is 1.71. The van der Waals surface area contributed by atoms with Gasteiger partial charge in [-0.3, -0.25) is 4.98 Å². The molecule has 0 unspecified atom stereocenters. The number of aromatic nitrogens is 1. The second kappa shape index (κ2) is 12.4. The lowest BCUT2D eigenvalue weighted by molar-refractivity contribution is 0.557. The molecule has 0 atom stereocenters. The van der Waals surface area contributed by atoms with Gasteiger partial charge in [0.2, 0.25) is 0 Å². The Balaban J connectivity index is 1.89. The Bertz CT molecular complexity index is 1660. The van der Waals surface area contributed by atoms with E-state index in [0.29, 0.717) is 32.3 Å². The smallest absolute Gasteiger partial charge is 0.148 e. The van der Waals surface area contributed by atoms with Gasteiger partial charge in [-0.15, -0.1) is 0 Å². The fourth-order valence-electron chi connectivity index (χ4n) is 4.43. The van der Waals surface area contributed by atoms with Crippen LogP contribution in [0.2, 0.25) is 40.2 Å². The van der Waals surface area contributed by atoms with Gasteiger partial charge in [0, 0.05) is 47.9 Å². The highest BCUT2D eigenvalue weighted by Gasteiger charge is 2.35. The molecule has 0 amide bonds. The van der Waals surface area contributed by atoms with Crippen LogP contribution in [0.25, 0.3) is 22.3 Å². The van der Waals surface area contributed by atoms with Crippen LogP contribution in [-0.2, 0) is 0 Å². The van der Waals surface area contributed by atoms with Crippen LogP contribution in [0.3, 0.4) is 0 Å². The van der Waals surface area contributed by atoms with Crippen molar-refractivity contribution in [2.45, 2.75) is 0 Å². The van der Waals surface area contributed by atoms with Crippen LogP contribution >= 0.6 is 92.8 Å². The summed E-state index contributed by atoms with van der Waals surface area (Å²) in [6, 6.07) is 16.2. The lowest BCUT2D eigenvalue weighted by Gasteiger charge is -2.26. The van der Waals surface area contributed by atoms with Gasteiger partial charge >= 0.3 is 0 Å². The number of nitrogens with zero attached hydrogens (tertiary/aromatic N) is 1. The zero-order valence-corrected chi connectivity index (χ0v) is 26.2. The molecule has 0 fully saturated rings. The quantitative estimate of drug-likeness (QED) is 0.177. The molecule has 0 aliphatic rings. The van der Waals surface area contributed by atoms with Crippen molar-refractivity contribution in [3.05, 3.63) is 147 Å². The average Bonchev–Trinajstić information content (AvgIpc) is 2.90. The van der Waals surface area contributed by atoms with Crippen molar-refractivity contribution < 1.29 is 8.78 Å². The lowest BCUT2D eigenvalue weighted by atomic mass is 9.82. The zero-order chi connectivity index (χ0) is 29.6. The monoisotopic (exact) mass is 704 g/mol. The van der Waals surface area contributed by atoms with Crippen LogP contribution < -0.4 is 0 Å². The first-order valence-electron chi connectivity index (χ1n) is 11.5. The Hall–Kier alpha value is -1.79. The van der Waals surface area contributed by atoms with Gasteiger partial charge in [-0.25, -0.2) is 8.78 Å². The molecule has 207 valence electrons. The molecule has 41 heavy (non-hydrogen) atoms. The molecule has 1 aromatic heterocycles. The van der Waals surface area contributed by atoms with E-state index in [9.17, 15) is 0 Å². The second-order valence-electron chi connectivity index (χ2n) is 8.68. The highest BCUT2D eigenvalue weighted by atomic mass is 35.5. The molecule has 1 radical (unpaired) electrons. The minimum atomic E-state index is -1.01. The van der Waals surface area contributed by atoms with Gasteiger partial charge in [-0.2, -0.15) is 0 Å². The first kappa shape index (κ1) is 30.7. The van der Waals surface area contributed by atoms with Gasteiger partial charge < -0.3 is 0 Å². The fourth-order valence-corrected chi connectivity index (χ4v) is 7.02. The predicted octanol–water partition coefficient (Wildman–Crippen LogP) is 12.9.